The molecule has 2 aliphatic rings. The molecule has 0 aromatic carbocycles. The van der Waals surface area contributed by atoms with E-state index in [1.807, 2.05) is 0 Å². The van der Waals surface area contributed by atoms with Gasteiger partial charge in [-0.1, -0.05) is 6.07 Å². The second kappa shape index (κ2) is 7.43. The van der Waals surface area contributed by atoms with Crippen LogP contribution in [0.1, 0.15) is 38.5 Å². The molecule has 0 spiro atoms. The predicted molar refractivity (Wildman–Crippen MR) is 92.8 cm³/mol. The number of rotatable bonds is 5. The Morgan fingerprint density at radius 3 is 2.52 bits per heavy atom. The Morgan fingerprint density at radius 1 is 1.20 bits per heavy atom. The van der Waals surface area contributed by atoms with Crippen LogP contribution in [0.4, 0.5) is 0 Å². The monoisotopic (exact) mass is 386 g/mol. The maximum Gasteiger partial charge on any atom is 0.306 e. The average Bonchev–Trinajstić information content (AvgIpc) is 3.27. The Hall–Kier alpha value is -1.45. The second-order valence-corrected chi connectivity index (χ2v) is 9.67. The van der Waals surface area contributed by atoms with Crippen LogP contribution in [0, 0.1) is 5.92 Å². The van der Waals surface area contributed by atoms with Crippen LogP contribution < -0.4 is 5.32 Å². The third kappa shape index (κ3) is 3.88. The zero-order valence-corrected chi connectivity index (χ0v) is 15.4. The minimum absolute atomic E-state index is 0.0741. The zero-order chi connectivity index (χ0) is 18.0. The molecule has 7 nitrogen and oxygen atoms in total. The normalized spacial score (nSPS) is 27.9. The molecule has 3 rings (SSSR count). The molecular formula is C16H22N2O5S2. The van der Waals surface area contributed by atoms with Crippen LogP contribution in [0.2, 0.25) is 0 Å². The van der Waals surface area contributed by atoms with Gasteiger partial charge in [-0.15, -0.1) is 11.3 Å². The first kappa shape index (κ1) is 18.3. The number of carboxylic acids is 1. The van der Waals surface area contributed by atoms with Crippen molar-refractivity contribution in [2.75, 3.05) is 6.54 Å². The fourth-order valence-electron chi connectivity index (χ4n) is 3.60. The van der Waals surface area contributed by atoms with Gasteiger partial charge in [0.15, 0.2) is 0 Å². The average molecular weight is 386 g/mol. The van der Waals surface area contributed by atoms with Gasteiger partial charge in [0.05, 0.1) is 5.92 Å². The summed E-state index contributed by atoms with van der Waals surface area (Å²) in [5.74, 6) is -1.39. The molecule has 0 radical (unpaired) electrons. The first-order chi connectivity index (χ1) is 11.9. The van der Waals surface area contributed by atoms with E-state index in [2.05, 4.69) is 5.32 Å². The van der Waals surface area contributed by atoms with E-state index in [4.69, 9.17) is 5.11 Å². The molecule has 1 saturated carbocycles. The standard InChI is InChI=1S/C16H22N2O5S2/c19-15(17-12-7-5-11(6-8-12)16(20)21)13-3-1-9-18(13)25(22,23)14-4-2-10-24-14/h2,4,10-13H,1,3,5-9H2,(H,17,19)(H,20,21). The maximum atomic E-state index is 12.7. The summed E-state index contributed by atoms with van der Waals surface area (Å²) >= 11 is 1.15. The molecular weight excluding hydrogens is 364 g/mol. The van der Waals surface area contributed by atoms with Crippen molar-refractivity contribution in [2.24, 2.45) is 5.92 Å². The number of nitrogens with zero attached hydrogens (tertiary/aromatic N) is 1. The van der Waals surface area contributed by atoms with Crippen molar-refractivity contribution in [1.82, 2.24) is 9.62 Å². The minimum atomic E-state index is -3.64. The highest BCUT2D eigenvalue weighted by Gasteiger charge is 2.40. The number of aliphatic carboxylic acids is 1. The van der Waals surface area contributed by atoms with Gasteiger partial charge >= 0.3 is 5.97 Å². The molecule has 1 aromatic rings. The van der Waals surface area contributed by atoms with Crippen LogP contribution in [0.25, 0.3) is 0 Å². The van der Waals surface area contributed by atoms with E-state index in [-0.39, 0.29) is 22.1 Å². The van der Waals surface area contributed by atoms with Gasteiger partial charge in [0.2, 0.25) is 5.91 Å². The summed E-state index contributed by atoms with van der Waals surface area (Å²) in [6, 6.07) is 2.49. The van der Waals surface area contributed by atoms with Crippen molar-refractivity contribution in [3.05, 3.63) is 17.5 Å². The summed E-state index contributed by atoms with van der Waals surface area (Å²) in [6.45, 7) is 0.351. The lowest BCUT2D eigenvalue weighted by molar-refractivity contribution is -0.142. The van der Waals surface area contributed by atoms with Gasteiger partial charge in [0.1, 0.15) is 10.3 Å². The second-order valence-electron chi connectivity index (χ2n) is 6.60. The summed E-state index contributed by atoms with van der Waals surface area (Å²) in [4.78, 5) is 23.6. The van der Waals surface area contributed by atoms with Crippen molar-refractivity contribution in [3.63, 3.8) is 0 Å². The lowest BCUT2D eigenvalue weighted by Gasteiger charge is -2.29. The Balaban J connectivity index is 1.63. The quantitative estimate of drug-likeness (QED) is 0.801. The van der Waals surface area contributed by atoms with E-state index in [9.17, 15) is 18.0 Å². The van der Waals surface area contributed by atoms with Gasteiger partial charge in [0, 0.05) is 12.6 Å². The molecule has 2 N–H and O–H groups in total. The third-order valence-electron chi connectivity index (χ3n) is 4.99. The lowest BCUT2D eigenvalue weighted by Crippen LogP contribution is -2.49. The van der Waals surface area contributed by atoms with E-state index < -0.39 is 22.0 Å². The highest BCUT2D eigenvalue weighted by Crippen LogP contribution is 2.29. The number of sulfonamides is 1. The van der Waals surface area contributed by atoms with E-state index in [0.717, 1.165) is 11.3 Å². The summed E-state index contributed by atoms with van der Waals surface area (Å²) in [5, 5.41) is 13.7. The van der Waals surface area contributed by atoms with Gasteiger partial charge in [-0.3, -0.25) is 9.59 Å². The van der Waals surface area contributed by atoms with Crippen LogP contribution in [-0.4, -0.2) is 48.3 Å². The third-order valence-corrected chi connectivity index (χ3v) is 8.27. The Kier molecular flexibility index (Phi) is 5.45. The van der Waals surface area contributed by atoms with Gasteiger partial charge < -0.3 is 10.4 Å². The smallest absolute Gasteiger partial charge is 0.306 e. The van der Waals surface area contributed by atoms with E-state index in [1.165, 1.54) is 4.31 Å². The number of carbonyl (C=O) groups excluding carboxylic acids is 1. The number of thiophene rings is 1. The molecule has 1 saturated heterocycles. The van der Waals surface area contributed by atoms with Crippen LogP contribution in [-0.2, 0) is 19.6 Å². The number of amides is 1. The van der Waals surface area contributed by atoms with Gasteiger partial charge in [-0.05, 0) is 50.0 Å². The van der Waals surface area contributed by atoms with E-state index in [1.54, 1.807) is 17.5 Å². The number of carboxylic acid groups (broad SMARTS) is 1. The Labute approximate surface area is 151 Å². The van der Waals surface area contributed by atoms with Crippen molar-refractivity contribution in [3.8, 4) is 0 Å². The van der Waals surface area contributed by atoms with Crippen LogP contribution in [0.3, 0.4) is 0 Å². The highest BCUT2D eigenvalue weighted by atomic mass is 32.2. The molecule has 25 heavy (non-hydrogen) atoms. The SMILES string of the molecule is O=C(O)C1CCC(NC(=O)C2CCCN2S(=O)(=O)c2cccs2)CC1. The molecule has 138 valence electrons. The molecule has 1 aliphatic carbocycles. The first-order valence-electron chi connectivity index (χ1n) is 8.48. The lowest BCUT2D eigenvalue weighted by atomic mass is 9.86. The molecule has 0 bridgehead atoms. The maximum absolute atomic E-state index is 12.7. The summed E-state index contributed by atoms with van der Waals surface area (Å²) in [5.41, 5.74) is 0. The number of hydrogen-bond donors (Lipinski definition) is 2. The molecule has 1 aliphatic heterocycles. The van der Waals surface area contributed by atoms with Crippen LogP contribution >= 0.6 is 11.3 Å². The molecule has 2 heterocycles. The summed E-state index contributed by atoms with van der Waals surface area (Å²) < 4.78 is 27.0. The largest absolute Gasteiger partial charge is 0.481 e. The molecule has 1 aromatic heterocycles. The van der Waals surface area contributed by atoms with Crippen molar-refractivity contribution in [1.29, 1.82) is 0 Å². The highest BCUT2D eigenvalue weighted by molar-refractivity contribution is 7.91. The molecule has 1 amide bonds. The van der Waals surface area contributed by atoms with Crippen molar-refractivity contribution < 1.29 is 23.1 Å². The number of nitrogens with one attached hydrogen (secondary N) is 1. The zero-order valence-electron chi connectivity index (χ0n) is 13.8. The number of carbonyl (C=O) groups is 2. The topological polar surface area (TPSA) is 104 Å². The van der Waals surface area contributed by atoms with Crippen LogP contribution in [0.5, 0.6) is 0 Å². The molecule has 1 unspecified atom stereocenters. The van der Waals surface area contributed by atoms with E-state index >= 15 is 0 Å². The predicted octanol–water partition coefficient (Wildman–Crippen LogP) is 1.66. The first-order valence-corrected chi connectivity index (χ1v) is 10.8. The van der Waals surface area contributed by atoms with Gasteiger partial charge in [-0.2, -0.15) is 4.31 Å². The molecule has 1 atom stereocenters. The van der Waals surface area contributed by atoms with Crippen molar-refractivity contribution in [2.45, 2.75) is 54.8 Å². The Bertz CT molecular complexity index is 724. The minimum Gasteiger partial charge on any atom is -0.481 e. The Morgan fingerprint density at radius 2 is 1.92 bits per heavy atom. The van der Waals surface area contributed by atoms with Crippen LogP contribution in [0.15, 0.2) is 21.7 Å². The van der Waals surface area contributed by atoms with E-state index in [0.29, 0.717) is 45.1 Å². The summed E-state index contributed by atoms with van der Waals surface area (Å²) in [6.07, 6.45) is 3.50. The molecule has 9 heteroatoms. The van der Waals surface area contributed by atoms with Gasteiger partial charge in [0.25, 0.3) is 10.0 Å². The fourth-order valence-corrected chi connectivity index (χ4v) is 6.37. The fraction of sp³-hybridized carbons (Fsp3) is 0.625. The molecule has 2 fully saturated rings. The summed E-state index contributed by atoms with van der Waals surface area (Å²) in [7, 11) is -3.64. The van der Waals surface area contributed by atoms with Gasteiger partial charge in [-0.25, -0.2) is 8.42 Å². The van der Waals surface area contributed by atoms with Crippen molar-refractivity contribution >= 4 is 33.2 Å². The number of hydrogen-bond acceptors (Lipinski definition) is 5.